The Morgan fingerprint density at radius 2 is 1.96 bits per heavy atom. The molecule has 0 aliphatic carbocycles. The first-order valence-electron chi connectivity index (χ1n) is 7.97. The minimum atomic E-state index is -0.133. The van der Waals surface area contributed by atoms with Gasteiger partial charge in [-0.2, -0.15) is 0 Å². The number of hydrogen-bond acceptors (Lipinski definition) is 5. The summed E-state index contributed by atoms with van der Waals surface area (Å²) in [6.07, 6.45) is 3.53. The number of oxazole rings is 1. The molecule has 0 unspecified atom stereocenters. The summed E-state index contributed by atoms with van der Waals surface area (Å²) in [6, 6.07) is 11.4. The van der Waals surface area contributed by atoms with Crippen LogP contribution in [0.25, 0.3) is 11.5 Å². The van der Waals surface area contributed by atoms with E-state index in [0.29, 0.717) is 17.3 Å². The van der Waals surface area contributed by atoms with E-state index in [4.69, 9.17) is 4.42 Å². The van der Waals surface area contributed by atoms with Gasteiger partial charge in [-0.25, -0.2) is 4.98 Å². The number of aromatic nitrogens is 2. The molecule has 6 nitrogen and oxygen atoms in total. The summed E-state index contributed by atoms with van der Waals surface area (Å²) in [4.78, 5) is 22.8. The van der Waals surface area contributed by atoms with Crippen LogP contribution < -0.4 is 10.2 Å². The van der Waals surface area contributed by atoms with Gasteiger partial charge in [-0.05, 0) is 43.3 Å². The second-order valence-electron chi connectivity index (χ2n) is 5.93. The summed E-state index contributed by atoms with van der Waals surface area (Å²) in [7, 11) is 3.95. The van der Waals surface area contributed by atoms with Crippen molar-refractivity contribution >= 4 is 17.3 Å². The van der Waals surface area contributed by atoms with Crippen molar-refractivity contribution in [2.24, 2.45) is 0 Å². The average Bonchev–Trinajstić information content (AvgIpc) is 2.97. The largest absolute Gasteiger partial charge is 0.441 e. The molecule has 25 heavy (non-hydrogen) atoms. The van der Waals surface area contributed by atoms with Crippen LogP contribution in [0.1, 0.15) is 11.5 Å². The highest BCUT2D eigenvalue weighted by atomic mass is 16.4. The maximum Gasteiger partial charge on any atom is 0.230 e. The number of carbonyl (C=O) groups excluding carboxylic acids is 1. The van der Waals surface area contributed by atoms with Crippen molar-refractivity contribution in [2.45, 2.75) is 13.3 Å². The lowest BCUT2D eigenvalue weighted by atomic mass is 10.2. The molecular formula is C19H20N4O2. The number of nitrogens with zero attached hydrogens (tertiary/aromatic N) is 3. The highest BCUT2D eigenvalue weighted by molar-refractivity contribution is 5.92. The molecule has 1 aromatic carbocycles. The van der Waals surface area contributed by atoms with E-state index in [1.54, 1.807) is 19.3 Å². The molecular weight excluding hydrogens is 316 g/mol. The SMILES string of the molecule is Cc1oc(-c2cccnc2)nc1CC(=O)Nc1ccc(N(C)C)cc1. The molecule has 0 aliphatic rings. The number of carbonyl (C=O) groups is 1. The van der Waals surface area contributed by atoms with Crippen LogP contribution in [-0.4, -0.2) is 30.0 Å². The normalized spacial score (nSPS) is 10.5. The Hall–Kier alpha value is -3.15. The van der Waals surface area contributed by atoms with Crippen LogP contribution in [0.4, 0.5) is 11.4 Å². The van der Waals surface area contributed by atoms with E-state index in [0.717, 1.165) is 16.9 Å². The van der Waals surface area contributed by atoms with Gasteiger partial charge < -0.3 is 14.6 Å². The van der Waals surface area contributed by atoms with Gasteiger partial charge in [0.05, 0.1) is 17.7 Å². The molecule has 3 aromatic rings. The topological polar surface area (TPSA) is 71.3 Å². The van der Waals surface area contributed by atoms with Crippen molar-refractivity contribution in [3.05, 3.63) is 60.2 Å². The Morgan fingerprint density at radius 3 is 2.60 bits per heavy atom. The smallest absolute Gasteiger partial charge is 0.230 e. The molecule has 0 atom stereocenters. The van der Waals surface area contributed by atoms with Crippen molar-refractivity contribution in [1.29, 1.82) is 0 Å². The molecule has 0 saturated heterocycles. The van der Waals surface area contributed by atoms with Crippen LogP contribution in [0.3, 0.4) is 0 Å². The first kappa shape index (κ1) is 16.7. The third-order valence-electron chi connectivity index (χ3n) is 3.80. The molecule has 128 valence electrons. The van der Waals surface area contributed by atoms with Gasteiger partial charge in [-0.3, -0.25) is 9.78 Å². The summed E-state index contributed by atoms with van der Waals surface area (Å²) in [5.41, 5.74) is 3.24. The number of amides is 1. The maximum atomic E-state index is 12.3. The molecule has 1 N–H and O–H groups in total. The predicted molar refractivity (Wildman–Crippen MR) is 97.6 cm³/mol. The second kappa shape index (κ2) is 7.17. The average molecular weight is 336 g/mol. The third-order valence-corrected chi connectivity index (χ3v) is 3.80. The van der Waals surface area contributed by atoms with Crippen LogP contribution in [0.2, 0.25) is 0 Å². The number of rotatable bonds is 5. The molecule has 0 aliphatic heterocycles. The Bertz CT molecular complexity index is 855. The first-order chi connectivity index (χ1) is 12.0. The lowest BCUT2D eigenvalue weighted by molar-refractivity contribution is -0.115. The van der Waals surface area contributed by atoms with Gasteiger partial charge in [0.1, 0.15) is 5.76 Å². The highest BCUT2D eigenvalue weighted by Gasteiger charge is 2.15. The molecule has 0 spiro atoms. The Labute approximate surface area is 146 Å². The fourth-order valence-corrected chi connectivity index (χ4v) is 2.40. The minimum Gasteiger partial charge on any atom is -0.441 e. The zero-order valence-corrected chi connectivity index (χ0v) is 14.5. The van der Waals surface area contributed by atoms with Gasteiger partial charge in [0.2, 0.25) is 11.8 Å². The molecule has 0 radical (unpaired) electrons. The standard InChI is InChI=1S/C19H20N4O2/c1-13-17(22-19(25-13)14-5-4-10-20-12-14)11-18(24)21-15-6-8-16(9-7-15)23(2)3/h4-10,12H,11H2,1-3H3,(H,21,24). The number of anilines is 2. The van der Waals surface area contributed by atoms with Crippen LogP contribution in [0.5, 0.6) is 0 Å². The van der Waals surface area contributed by atoms with Crippen molar-refractivity contribution in [3.8, 4) is 11.5 Å². The number of benzene rings is 1. The van der Waals surface area contributed by atoms with Crippen molar-refractivity contribution < 1.29 is 9.21 Å². The van der Waals surface area contributed by atoms with Crippen molar-refractivity contribution in [1.82, 2.24) is 9.97 Å². The van der Waals surface area contributed by atoms with Gasteiger partial charge in [0.15, 0.2) is 0 Å². The fraction of sp³-hybridized carbons (Fsp3) is 0.211. The third kappa shape index (κ3) is 4.03. The molecule has 0 fully saturated rings. The Kier molecular flexibility index (Phi) is 4.79. The Morgan fingerprint density at radius 1 is 1.20 bits per heavy atom. The summed E-state index contributed by atoms with van der Waals surface area (Å²) < 4.78 is 5.66. The highest BCUT2D eigenvalue weighted by Crippen LogP contribution is 2.21. The zero-order valence-electron chi connectivity index (χ0n) is 14.5. The van der Waals surface area contributed by atoms with E-state index >= 15 is 0 Å². The lowest BCUT2D eigenvalue weighted by Crippen LogP contribution is -2.15. The van der Waals surface area contributed by atoms with Crippen LogP contribution in [-0.2, 0) is 11.2 Å². The summed E-state index contributed by atoms with van der Waals surface area (Å²) in [5.74, 6) is 0.979. The van der Waals surface area contributed by atoms with Gasteiger partial charge in [0.25, 0.3) is 0 Å². The summed E-state index contributed by atoms with van der Waals surface area (Å²) in [5, 5.41) is 2.88. The molecule has 2 heterocycles. The molecule has 2 aromatic heterocycles. The van der Waals surface area contributed by atoms with Crippen molar-refractivity contribution in [3.63, 3.8) is 0 Å². The molecule has 0 saturated carbocycles. The second-order valence-corrected chi connectivity index (χ2v) is 5.93. The quantitative estimate of drug-likeness (QED) is 0.774. The van der Waals surface area contributed by atoms with Gasteiger partial charge in [-0.15, -0.1) is 0 Å². The van der Waals surface area contributed by atoms with E-state index in [2.05, 4.69) is 15.3 Å². The van der Waals surface area contributed by atoms with Gasteiger partial charge in [0, 0.05) is 37.9 Å². The summed E-state index contributed by atoms with van der Waals surface area (Å²) >= 11 is 0. The van der Waals surface area contributed by atoms with E-state index in [1.807, 2.05) is 55.4 Å². The van der Waals surface area contributed by atoms with E-state index in [9.17, 15) is 4.79 Å². The predicted octanol–water partition coefficient (Wildman–Crippen LogP) is 3.29. The zero-order chi connectivity index (χ0) is 17.8. The van der Waals surface area contributed by atoms with Crippen LogP contribution in [0.15, 0.2) is 53.2 Å². The van der Waals surface area contributed by atoms with Crippen LogP contribution >= 0.6 is 0 Å². The molecule has 1 amide bonds. The van der Waals surface area contributed by atoms with Crippen molar-refractivity contribution in [2.75, 3.05) is 24.3 Å². The first-order valence-corrected chi connectivity index (χ1v) is 7.97. The summed E-state index contributed by atoms with van der Waals surface area (Å²) in [6.45, 7) is 1.81. The molecule has 3 rings (SSSR count). The van der Waals surface area contributed by atoms with E-state index in [-0.39, 0.29) is 12.3 Å². The minimum absolute atomic E-state index is 0.133. The maximum absolute atomic E-state index is 12.3. The number of nitrogens with one attached hydrogen (secondary N) is 1. The molecule has 6 heteroatoms. The fourth-order valence-electron chi connectivity index (χ4n) is 2.40. The number of aryl methyl sites for hydroxylation is 1. The number of pyridine rings is 1. The van der Waals surface area contributed by atoms with E-state index < -0.39 is 0 Å². The Balaban J connectivity index is 1.68. The number of hydrogen-bond donors (Lipinski definition) is 1. The van der Waals surface area contributed by atoms with Crippen LogP contribution in [0, 0.1) is 6.92 Å². The monoisotopic (exact) mass is 336 g/mol. The van der Waals surface area contributed by atoms with Gasteiger partial charge in [-0.1, -0.05) is 0 Å². The molecule has 0 bridgehead atoms. The van der Waals surface area contributed by atoms with E-state index in [1.165, 1.54) is 0 Å². The lowest BCUT2D eigenvalue weighted by Gasteiger charge is -2.12. The van der Waals surface area contributed by atoms with Gasteiger partial charge >= 0.3 is 0 Å².